The molecule has 0 heterocycles. The maximum absolute atomic E-state index is 12.9. The van der Waals surface area contributed by atoms with Crippen LogP contribution in [0.4, 0.5) is 13.2 Å². The molecule has 0 spiro atoms. The van der Waals surface area contributed by atoms with Gasteiger partial charge >= 0.3 is 6.18 Å². The zero-order chi connectivity index (χ0) is 15.3. The standard InChI is InChI=1S/C14H16F3NO2/c1-4-12(19)18(3)9-10-7-6-8-11(14(15,16)17)13(10)20-5-2/h4,6-8H,1,5,9H2,2-3H3. The van der Waals surface area contributed by atoms with Crippen LogP contribution < -0.4 is 4.74 Å². The summed E-state index contributed by atoms with van der Waals surface area (Å²) < 4.78 is 43.9. The van der Waals surface area contributed by atoms with E-state index >= 15 is 0 Å². The summed E-state index contributed by atoms with van der Waals surface area (Å²) in [7, 11) is 1.49. The van der Waals surface area contributed by atoms with Crippen molar-refractivity contribution in [1.29, 1.82) is 0 Å². The van der Waals surface area contributed by atoms with Crippen LogP contribution >= 0.6 is 0 Å². The summed E-state index contributed by atoms with van der Waals surface area (Å²) in [6, 6.07) is 3.77. The molecular formula is C14H16F3NO2. The van der Waals surface area contributed by atoms with Gasteiger partial charge in [-0.25, -0.2) is 0 Å². The number of para-hydroxylation sites is 1. The summed E-state index contributed by atoms with van der Waals surface area (Å²) in [5.41, 5.74) is -0.532. The van der Waals surface area contributed by atoms with E-state index in [0.717, 1.165) is 12.1 Å². The molecule has 0 saturated carbocycles. The van der Waals surface area contributed by atoms with E-state index in [1.165, 1.54) is 24.1 Å². The largest absolute Gasteiger partial charge is 0.493 e. The fourth-order valence-corrected chi connectivity index (χ4v) is 1.74. The van der Waals surface area contributed by atoms with Gasteiger partial charge in [0.25, 0.3) is 0 Å². The smallest absolute Gasteiger partial charge is 0.419 e. The first-order valence-corrected chi connectivity index (χ1v) is 6.00. The maximum Gasteiger partial charge on any atom is 0.419 e. The van der Waals surface area contributed by atoms with E-state index in [9.17, 15) is 18.0 Å². The van der Waals surface area contributed by atoms with Crippen LogP contribution in [0.2, 0.25) is 0 Å². The Labute approximate surface area is 115 Å². The summed E-state index contributed by atoms with van der Waals surface area (Å²) in [5.74, 6) is -0.601. The van der Waals surface area contributed by atoms with Crippen molar-refractivity contribution in [3.05, 3.63) is 42.0 Å². The van der Waals surface area contributed by atoms with Gasteiger partial charge in [-0.3, -0.25) is 4.79 Å². The summed E-state index contributed by atoms with van der Waals surface area (Å²) in [4.78, 5) is 12.7. The topological polar surface area (TPSA) is 29.5 Å². The third-order valence-corrected chi connectivity index (χ3v) is 2.65. The number of ether oxygens (including phenoxy) is 1. The summed E-state index contributed by atoms with van der Waals surface area (Å²) in [6.45, 7) is 5.07. The number of hydrogen-bond donors (Lipinski definition) is 0. The first-order valence-electron chi connectivity index (χ1n) is 6.00. The third-order valence-electron chi connectivity index (χ3n) is 2.65. The van der Waals surface area contributed by atoms with Crippen LogP contribution in [0.25, 0.3) is 0 Å². The zero-order valence-electron chi connectivity index (χ0n) is 11.3. The molecule has 0 radical (unpaired) electrons. The molecule has 3 nitrogen and oxygen atoms in total. The van der Waals surface area contributed by atoms with Crippen LogP contribution in [0.5, 0.6) is 5.75 Å². The van der Waals surface area contributed by atoms with Crippen molar-refractivity contribution in [2.24, 2.45) is 0 Å². The number of hydrogen-bond acceptors (Lipinski definition) is 2. The van der Waals surface area contributed by atoms with Crippen molar-refractivity contribution < 1.29 is 22.7 Å². The van der Waals surface area contributed by atoms with Gasteiger partial charge in [0.15, 0.2) is 0 Å². The molecule has 0 aliphatic heterocycles. The molecule has 0 bridgehead atoms. The maximum atomic E-state index is 12.9. The Morgan fingerprint density at radius 2 is 2.10 bits per heavy atom. The SMILES string of the molecule is C=CC(=O)N(C)Cc1cccc(C(F)(F)F)c1OCC. The quantitative estimate of drug-likeness (QED) is 0.778. The van der Waals surface area contributed by atoms with E-state index in [2.05, 4.69) is 6.58 Å². The number of nitrogens with zero attached hydrogens (tertiary/aromatic N) is 1. The molecule has 0 aromatic heterocycles. The minimum atomic E-state index is -4.50. The van der Waals surface area contributed by atoms with E-state index in [1.54, 1.807) is 6.92 Å². The van der Waals surface area contributed by atoms with Gasteiger partial charge in [0, 0.05) is 19.2 Å². The molecule has 6 heteroatoms. The number of halogens is 3. The van der Waals surface area contributed by atoms with E-state index in [1.807, 2.05) is 0 Å². The molecule has 1 rings (SSSR count). The molecule has 0 fully saturated rings. The van der Waals surface area contributed by atoms with Crippen LogP contribution in [0.3, 0.4) is 0 Å². The Morgan fingerprint density at radius 1 is 1.45 bits per heavy atom. The average molecular weight is 287 g/mol. The normalized spacial score (nSPS) is 11.1. The Balaban J connectivity index is 3.19. The minimum Gasteiger partial charge on any atom is -0.493 e. The predicted octanol–water partition coefficient (Wildman–Crippen LogP) is 3.25. The predicted molar refractivity (Wildman–Crippen MR) is 69.3 cm³/mol. The Hall–Kier alpha value is -1.98. The number of rotatable bonds is 5. The molecule has 1 aromatic rings. The van der Waals surface area contributed by atoms with Crippen molar-refractivity contribution in [3.8, 4) is 5.75 Å². The number of carbonyl (C=O) groups excluding carboxylic acids is 1. The van der Waals surface area contributed by atoms with E-state index in [0.29, 0.717) is 5.56 Å². The van der Waals surface area contributed by atoms with Crippen molar-refractivity contribution in [3.63, 3.8) is 0 Å². The van der Waals surface area contributed by atoms with Crippen molar-refractivity contribution in [2.75, 3.05) is 13.7 Å². The number of alkyl halides is 3. The lowest BCUT2D eigenvalue weighted by Crippen LogP contribution is -2.24. The molecule has 1 aromatic carbocycles. The highest BCUT2D eigenvalue weighted by Gasteiger charge is 2.35. The number of benzene rings is 1. The lowest BCUT2D eigenvalue weighted by molar-refractivity contribution is -0.139. The van der Waals surface area contributed by atoms with E-state index < -0.39 is 11.7 Å². The van der Waals surface area contributed by atoms with Crippen molar-refractivity contribution in [2.45, 2.75) is 19.6 Å². The molecule has 20 heavy (non-hydrogen) atoms. The first kappa shape index (κ1) is 16.1. The second kappa shape index (κ2) is 6.45. The second-order valence-corrected chi connectivity index (χ2v) is 4.12. The second-order valence-electron chi connectivity index (χ2n) is 4.12. The van der Waals surface area contributed by atoms with Gasteiger partial charge in [0.05, 0.1) is 12.2 Å². The minimum absolute atomic E-state index is 0.0180. The van der Waals surface area contributed by atoms with Gasteiger partial charge < -0.3 is 9.64 Å². The molecule has 0 aliphatic carbocycles. The monoisotopic (exact) mass is 287 g/mol. The molecule has 0 N–H and O–H groups in total. The molecule has 0 saturated heterocycles. The van der Waals surface area contributed by atoms with Gasteiger partial charge in [-0.15, -0.1) is 0 Å². The number of carbonyl (C=O) groups is 1. The van der Waals surface area contributed by atoms with Gasteiger partial charge in [-0.2, -0.15) is 13.2 Å². The van der Waals surface area contributed by atoms with Crippen molar-refractivity contribution >= 4 is 5.91 Å². The van der Waals surface area contributed by atoms with Gasteiger partial charge in [0.2, 0.25) is 5.91 Å². The first-order chi connectivity index (χ1) is 9.31. The van der Waals surface area contributed by atoms with E-state index in [4.69, 9.17) is 4.74 Å². The van der Waals surface area contributed by atoms with Crippen LogP contribution in [-0.4, -0.2) is 24.5 Å². The molecule has 1 amide bonds. The Morgan fingerprint density at radius 3 is 2.60 bits per heavy atom. The van der Waals surface area contributed by atoms with Crippen LogP contribution in [0, 0.1) is 0 Å². The third kappa shape index (κ3) is 3.76. The van der Waals surface area contributed by atoms with Gasteiger partial charge in [-0.1, -0.05) is 18.7 Å². The molecule has 110 valence electrons. The molecule has 0 unspecified atom stereocenters. The number of likely N-dealkylation sites (N-methyl/N-ethyl adjacent to an activating group) is 1. The van der Waals surface area contributed by atoms with E-state index in [-0.39, 0.29) is 24.8 Å². The van der Waals surface area contributed by atoms with Crippen LogP contribution in [-0.2, 0) is 17.5 Å². The highest BCUT2D eigenvalue weighted by atomic mass is 19.4. The molecule has 0 atom stereocenters. The highest BCUT2D eigenvalue weighted by Crippen LogP contribution is 2.38. The zero-order valence-corrected chi connectivity index (χ0v) is 11.3. The lowest BCUT2D eigenvalue weighted by atomic mass is 10.1. The summed E-state index contributed by atoms with van der Waals surface area (Å²) >= 11 is 0. The summed E-state index contributed by atoms with van der Waals surface area (Å²) in [6.07, 6.45) is -3.39. The lowest BCUT2D eigenvalue weighted by Gasteiger charge is -2.20. The Kier molecular flexibility index (Phi) is 5.19. The number of amides is 1. The Bertz CT molecular complexity index is 498. The van der Waals surface area contributed by atoms with Crippen LogP contribution in [0.15, 0.2) is 30.9 Å². The highest BCUT2D eigenvalue weighted by molar-refractivity contribution is 5.86. The van der Waals surface area contributed by atoms with Crippen LogP contribution in [0.1, 0.15) is 18.1 Å². The van der Waals surface area contributed by atoms with Crippen molar-refractivity contribution in [1.82, 2.24) is 4.90 Å². The van der Waals surface area contributed by atoms with Gasteiger partial charge in [0.1, 0.15) is 5.75 Å². The fraction of sp³-hybridized carbons (Fsp3) is 0.357. The molecular weight excluding hydrogens is 271 g/mol. The fourth-order valence-electron chi connectivity index (χ4n) is 1.74. The average Bonchev–Trinajstić information content (AvgIpc) is 2.38. The summed E-state index contributed by atoms with van der Waals surface area (Å²) in [5, 5.41) is 0. The van der Waals surface area contributed by atoms with Gasteiger partial charge in [-0.05, 0) is 19.1 Å². The molecule has 0 aliphatic rings.